The third-order valence-corrected chi connectivity index (χ3v) is 1.35. The summed E-state index contributed by atoms with van der Waals surface area (Å²) >= 11 is 2.17. The molecular formula is C7H12NTi. The second-order valence-electron chi connectivity index (χ2n) is 1.80. The molecule has 0 aromatic rings. The molecule has 1 nitrogen and oxygen atoms in total. The van der Waals surface area contributed by atoms with E-state index in [1.807, 2.05) is 14.1 Å². The van der Waals surface area contributed by atoms with Crippen molar-refractivity contribution in [2.45, 2.75) is 4.22 Å². The minimum atomic E-state index is 0.685. The molecule has 0 saturated heterocycles. The van der Waals surface area contributed by atoms with Gasteiger partial charge in [0.1, 0.15) is 0 Å². The quantitative estimate of drug-likeness (QED) is 0.523. The second kappa shape index (κ2) is 6.28. The van der Waals surface area contributed by atoms with Gasteiger partial charge in [-0.25, -0.2) is 0 Å². The predicted octanol–water partition coefficient (Wildman–Crippen LogP) is 1.28. The Morgan fingerprint density at radius 1 is 1.22 bits per heavy atom. The predicted molar refractivity (Wildman–Crippen MR) is 37.0 cm³/mol. The van der Waals surface area contributed by atoms with Gasteiger partial charge in [-0.2, -0.15) is 0 Å². The van der Waals surface area contributed by atoms with Crippen molar-refractivity contribution in [2.75, 3.05) is 14.1 Å². The van der Waals surface area contributed by atoms with Crippen molar-refractivity contribution in [2.24, 2.45) is 0 Å². The molecule has 0 unspecified atom stereocenters. The monoisotopic (exact) mass is 158 g/mol. The molecule has 0 heterocycles. The van der Waals surface area contributed by atoms with E-state index in [0.29, 0.717) is 4.22 Å². The minimum absolute atomic E-state index is 0.685. The molecule has 49 valence electrons. The Balaban J connectivity index is 0.000000187. The summed E-state index contributed by atoms with van der Waals surface area (Å²) in [4.78, 5) is 0. The first-order valence-corrected chi connectivity index (χ1v) is 3.86. The molecular weight excluding hydrogens is 146 g/mol. The Bertz CT molecular complexity index is 95.5. The Kier molecular flexibility index (Phi) is 6.38. The second-order valence-corrected chi connectivity index (χ2v) is 2.84. The van der Waals surface area contributed by atoms with Crippen molar-refractivity contribution in [3.05, 3.63) is 24.3 Å². The third-order valence-electron chi connectivity index (χ3n) is 0.748. The first-order chi connectivity index (χ1) is 4.31. The Labute approximate surface area is 68.6 Å². The molecule has 0 saturated carbocycles. The fourth-order valence-corrected chi connectivity index (χ4v) is 0.779. The number of allylic oxidation sites excluding steroid dienone is 4. The zero-order chi connectivity index (χ0) is 7.11. The molecule has 0 fully saturated rings. The van der Waals surface area contributed by atoms with E-state index in [1.54, 1.807) is 0 Å². The molecule has 0 amide bonds. The third kappa shape index (κ3) is 6.03. The van der Waals surface area contributed by atoms with E-state index in [1.165, 1.54) is 0 Å². The molecule has 1 rings (SSSR count). The summed E-state index contributed by atoms with van der Waals surface area (Å²) in [5.74, 6) is 0. The maximum absolute atomic E-state index is 2.75. The van der Waals surface area contributed by atoms with Gasteiger partial charge in [0.05, 0.1) is 0 Å². The Morgan fingerprint density at radius 2 is 1.56 bits per heavy atom. The molecule has 0 bridgehead atoms. The van der Waals surface area contributed by atoms with Gasteiger partial charge in [0.25, 0.3) is 0 Å². The van der Waals surface area contributed by atoms with E-state index < -0.39 is 0 Å². The van der Waals surface area contributed by atoms with Gasteiger partial charge in [-0.05, 0) is 14.1 Å². The van der Waals surface area contributed by atoms with Gasteiger partial charge in [-0.1, -0.05) is 0 Å². The molecule has 0 spiro atoms. The fourth-order valence-electron chi connectivity index (χ4n) is 0.432. The van der Waals surface area contributed by atoms with Crippen LogP contribution in [0.2, 0.25) is 4.22 Å². The molecule has 0 atom stereocenters. The van der Waals surface area contributed by atoms with Crippen LogP contribution in [0.1, 0.15) is 0 Å². The summed E-state index contributed by atoms with van der Waals surface area (Å²) in [5.41, 5.74) is 0. The Hall–Kier alpha value is 0.154. The number of rotatable bonds is 0. The molecule has 0 aromatic heterocycles. The molecule has 0 aliphatic heterocycles. The van der Waals surface area contributed by atoms with E-state index in [-0.39, 0.29) is 0 Å². The molecule has 0 aromatic carbocycles. The van der Waals surface area contributed by atoms with Crippen LogP contribution in [-0.2, 0) is 20.4 Å². The normalized spacial score (nSPS) is 15.2. The average molecular weight is 158 g/mol. The van der Waals surface area contributed by atoms with Crippen LogP contribution >= 0.6 is 0 Å². The Morgan fingerprint density at radius 3 is 1.67 bits per heavy atom. The summed E-state index contributed by atoms with van der Waals surface area (Å²) < 4.78 is 0.685. The van der Waals surface area contributed by atoms with Crippen LogP contribution in [0.4, 0.5) is 0 Å². The van der Waals surface area contributed by atoms with Gasteiger partial charge in [0.15, 0.2) is 0 Å². The summed E-state index contributed by atoms with van der Waals surface area (Å²) in [6, 6.07) is 0. The SMILES string of the molecule is CNC.[Ti][CH]1C=CC=C1. The van der Waals surface area contributed by atoms with Crippen molar-refractivity contribution in [3.8, 4) is 0 Å². The summed E-state index contributed by atoms with van der Waals surface area (Å²) in [6.45, 7) is 0. The van der Waals surface area contributed by atoms with Gasteiger partial charge in [-0.3, -0.25) is 0 Å². The number of hydrogen-bond donors (Lipinski definition) is 1. The van der Waals surface area contributed by atoms with Crippen LogP contribution in [0.25, 0.3) is 0 Å². The maximum atomic E-state index is 2.75. The standard InChI is InChI=1S/C5H5.C2H7N.Ti/c1-2-4-5-3-1;1-3-2;/h1-5H;3H,1-2H3;. The van der Waals surface area contributed by atoms with Crippen LogP contribution in [-0.4, -0.2) is 14.1 Å². The van der Waals surface area contributed by atoms with Crippen LogP contribution in [0.3, 0.4) is 0 Å². The molecule has 1 aliphatic carbocycles. The average Bonchev–Trinajstić information content (AvgIpc) is 2.20. The van der Waals surface area contributed by atoms with Crippen molar-refractivity contribution < 1.29 is 20.4 Å². The van der Waals surface area contributed by atoms with Gasteiger partial charge < -0.3 is 5.32 Å². The van der Waals surface area contributed by atoms with E-state index in [9.17, 15) is 0 Å². The van der Waals surface area contributed by atoms with E-state index in [2.05, 4.69) is 50.1 Å². The van der Waals surface area contributed by atoms with E-state index in [0.717, 1.165) is 0 Å². The van der Waals surface area contributed by atoms with E-state index in [4.69, 9.17) is 0 Å². The topological polar surface area (TPSA) is 12.0 Å². The molecule has 0 radical (unpaired) electrons. The van der Waals surface area contributed by atoms with Crippen molar-refractivity contribution in [1.82, 2.24) is 5.32 Å². The van der Waals surface area contributed by atoms with Crippen molar-refractivity contribution in [1.29, 1.82) is 0 Å². The van der Waals surface area contributed by atoms with Gasteiger partial charge in [0, 0.05) is 0 Å². The fraction of sp³-hybridized carbons (Fsp3) is 0.429. The summed E-state index contributed by atoms with van der Waals surface area (Å²) in [6.07, 6.45) is 8.48. The number of nitrogens with one attached hydrogen (secondary N) is 1. The molecule has 2 heteroatoms. The van der Waals surface area contributed by atoms with Gasteiger partial charge in [0.2, 0.25) is 0 Å². The van der Waals surface area contributed by atoms with Crippen molar-refractivity contribution >= 4 is 0 Å². The van der Waals surface area contributed by atoms with Crippen LogP contribution in [0.15, 0.2) is 24.3 Å². The zero-order valence-corrected chi connectivity index (χ0v) is 7.45. The van der Waals surface area contributed by atoms with Crippen LogP contribution < -0.4 is 5.32 Å². The summed E-state index contributed by atoms with van der Waals surface area (Å²) in [7, 11) is 3.75. The zero-order valence-electron chi connectivity index (χ0n) is 5.89. The first kappa shape index (κ1) is 9.15. The molecule has 1 aliphatic rings. The summed E-state index contributed by atoms with van der Waals surface area (Å²) in [5, 5.41) is 2.75. The van der Waals surface area contributed by atoms with E-state index >= 15 is 0 Å². The van der Waals surface area contributed by atoms with Gasteiger partial charge in [-0.15, -0.1) is 0 Å². The van der Waals surface area contributed by atoms with Crippen molar-refractivity contribution in [3.63, 3.8) is 0 Å². The number of hydrogen-bond acceptors (Lipinski definition) is 1. The molecule has 1 N–H and O–H groups in total. The van der Waals surface area contributed by atoms with Gasteiger partial charge >= 0.3 is 49.0 Å². The van der Waals surface area contributed by atoms with Crippen LogP contribution in [0.5, 0.6) is 0 Å². The first-order valence-electron chi connectivity index (χ1n) is 2.96. The van der Waals surface area contributed by atoms with Crippen LogP contribution in [0, 0.1) is 0 Å². The molecule has 9 heavy (non-hydrogen) atoms.